The van der Waals surface area contributed by atoms with Crippen molar-refractivity contribution >= 4 is 0 Å². The lowest BCUT2D eigenvalue weighted by atomic mass is 9.74. The lowest BCUT2D eigenvalue weighted by Crippen LogP contribution is -2.43. The monoisotopic (exact) mass is 212 g/mol. The van der Waals surface area contributed by atoms with Gasteiger partial charge in [-0.2, -0.15) is 0 Å². The summed E-state index contributed by atoms with van der Waals surface area (Å²) in [5.41, 5.74) is 0. The molecular weight excluding hydrogens is 184 g/mol. The van der Waals surface area contributed by atoms with Crippen LogP contribution >= 0.6 is 0 Å². The first-order valence-corrected chi connectivity index (χ1v) is 6.47. The van der Waals surface area contributed by atoms with Crippen molar-refractivity contribution < 1.29 is 0 Å². The highest BCUT2D eigenvalue weighted by Crippen LogP contribution is 2.33. The molecule has 0 saturated heterocycles. The van der Waals surface area contributed by atoms with Crippen LogP contribution in [0.3, 0.4) is 0 Å². The van der Waals surface area contributed by atoms with Gasteiger partial charge in [0, 0.05) is 6.04 Å². The molecule has 0 aromatic carbocycles. The number of hydrogen-bond acceptors (Lipinski definition) is 2. The van der Waals surface area contributed by atoms with E-state index in [1.807, 2.05) is 0 Å². The zero-order chi connectivity index (χ0) is 11.3. The number of rotatable bonds is 7. The van der Waals surface area contributed by atoms with E-state index in [0.717, 1.165) is 17.9 Å². The maximum atomic E-state index is 3.66. The van der Waals surface area contributed by atoms with Gasteiger partial charge < -0.3 is 10.2 Å². The third-order valence-electron chi connectivity index (χ3n) is 3.58. The Morgan fingerprint density at radius 2 is 1.87 bits per heavy atom. The Morgan fingerprint density at radius 3 is 2.40 bits per heavy atom. The molecule has 0 aliphatic heterocycles. The summed E-state index contributed by atoms with van der Waals surface area (Å²) in [5, 5.41) is 3.66. The average Bonchev–Trinajstić information content (AvgIpc) is 2.06. The van der Waals surface area contributed by atoms with Crippen molar-refractivity contribution in [1.29, 1.82) is 0 Å². The Balaban J connectivity index is 1.86. The van der Waals surface area contributed by atoms with E-state index in [4.69, 9.17) is 0 Å². The van der Waals surface area contributed by atoms with Crippen LogP contribution in [-0.4, -0.2) is 38.1 Å². The maximum Gasteiger partial charge on any atom is 0.00725 e. The van der Waals surface area contributed by atoms with E-state index in [-0.39, 0.29) is 0 Å². The highest BCUT2D eigenvalue weighted by Gasteiger charge is 2.30. The number of nitrogens with zero attached hydrogens (tertiary/aromatic N) is 1. The molecular formula is C13H28N2. The standard InChI is InChI=1S/C13H28N2/c1-11(2)12-9-13(10-12)14-7-5-6-8-15(3)4/h11-14H,5-10H2,1-4H3. The van der Waals surface area contributed by atoms with Gasteiger partial charge in [0.05, 0.1) is 0 Å². The first-order valence-electron chi connectivity index (χ1n) is 6.47. The largest absolute Gasteiger partial charge is 0.314 e. The summed E-state index contributed by atoms with van der Waals surface area (Å²) >= 11 is 0. The van der Waals surface area contributed by atoms with Crippen LogP contribution in [0.5, 0.6) is 0 Å². The van der Waals surface area contributed by atoms with Gasteiger partial charge in [-0.1, -0.05) is 13.8 Å². The summed E-state index contributed by atoms with van der Waals surface area (Å²) in [5.74, 6) is 1.88. The molecule has 0 heterocycles. The second-order valence-electron chi connectivity index (χ2n) is 5.64. The molecule has 0 aromatic rings. The summed E-state index contributed by atoms with van der Waals surface area (Å²) in [7, 11) is 4.29. The molecule has 0 atom stereocenters. The van der Waals surface area contributed by atoms with Crippen molar-refractivity contribution in [3.63, 3.8) is 0 Å². The minimum absolute atomic E-state index is 0.830. The van der Waals surface area contributed by atoms with Crippen molar-refractivity contribution in [2.24, 2.45) is 11.8 Å². The first-order chi connectivity index (χ1) is 7.09. The van der Waals surface area contributed by atoms with E-state index in [0.29, 0.717) is 0 Å². The van der Waals surface area contributed by atoms with Gasteiger partial charge in [0.15, 0.2) is 0 Å². The summed E-state index contributed by atoms with van der Waals surface area (Å²) < 4.78 is 0. The van der Waals surface area contributed by atoms with Gasteiger partial charge in [-0.15, -0.1) is 0 Å². The van der Waals surface area contributed by atoms with Crippen molar-refractivity contribution in [2.75, 3.05) is 27.2 Å². The fraction of sp³-hybridized carbons (Fsp3) is 1.00. The zero-order valence-electron chi connectivity index (χ0n) is 10.9. The minimum atomic E-state index is 0.830. The zero-order valence-corrected chi connectivity index (χ0v) is 10.9. The average molecular weight is 212 g/mol. The van der Waals surface area contributed by atoms with Gasteiger partial charge in [-0.05, 0) is 64.7 Å². The number of nitrogens with one attached hydrogen (secondary N) is 1. The van der Waals surface area contributed by atoms with E-state index in [9.17, 15) is 0 Å². The van der Waals surface area contributed by atoms with Crippen LogP contribution < -0.4 is 5.32 Å². The molecule has 1 aliphatic rings. The van der Waals surface area contributed by atoms with Crippen LogP contribution in [0.4, 0.5) is 0 Å². The van der Waals surface area contributed by atoms with Gasteiger partial charge in [-0.3, -0.25) is 0 Å². The van der Waals surface area contributed by atoms with E-state index in [2.05, 4.69) is 38.2 Å². The Bertz CT molecular complexity index is 160. The Labute approximate surface area is 95.4 Å². The van der Waals surface area contributed by atoms with Gasteiger partial charge >= 0.3 is 0 Å². The van der Waals surface area contributed by atoms with Gasteiger partial charge in [-0.25, -0.2) is 0 Å². The highest BCUT2D eigenvalue weighted by molar-refractivity contribution is 4.86. The topological polar surface area (TPSA) is 15.3 Å². The molecule has 1 saturated carbocycles. The van der Waals surface area contributed by atoms with Crippen molar-refractivity contribution in [3.8, 4) is 0 Å². The predicted molar refractivity (Wildman–Crippen MR) is 67.1 cm³/mol. The molecule has 0 unspecified atom stereocenters. The van der Waals surface area contributed by atoms with Crippen molar-refractivity contribution in [3.05, 3.63) is 0 Å². The summed E-state index contributed by atoms with van der Waals surface area (Å²) in [4.78, 5) is 2.26. The molecule has 1 rings (SSSR count). The van der Waals surface area contributed by atoms with Crippen LogP contribution in [0, 0.1) is 11.8 Å². The van der Waals surface area contributed by atoms with Crippen LogP contribution in [0.25, 0.3) is 0 Å². The second-order valence-corrected chi connectivity index (χ2v) is 5.64. The molecule has 0 amide bonds. The van der Waals surface area contributed by atoms with Crippen LogP contribution in [0.2, 0.25) is 0 Å². The van der Waals surface area contributed by atoms with Gasteiger partial charge in [0.2, 0.25) is 0 Å². The molecule has 0 spiro atoms. The minimum Gasteiger partial charge on any atom is -0.314 e. The predicted octanol–water partition coefficient (Wildman–Crippen LogP) is 2.35. The van der Waals surface area contributed by atoms with E-state index in [1.54, 1.807) is 0 Å². The molecule has 1 aliphatic carbocycles. The number of unbranched alkanes of at least 4 members (excludes halogenated alkanes) is 1. The summed E-state index contributed by atoms with van der Waals surface area (Å²) in [6.07, 6.45) is 5.46. The molecule has 2 heteroatoms. The van der Waals surface area contributed by atoms with Crippen molar-refractivity contribution in [1.82, 2.24) is 10.2 Å². The molecule has 1 fully saturated rings. The molecule has 0 aromatic heterocycles. The quantitative estimate of drug-likeness (QED) is 0.652. The van der Waals surface area contributed by atoms with Crippen LogP contribution in [0.1, 0.15) is 39.5 Å². The van der Waals surface area contributed by atoms with E-state index in [1.165, 1.54) is 38.8 Å². The molecule has 2 nitrogen and oxygen atoms in total. The molecule has 15 heavy (non-hydrogen) atoms. The molecule has 1 N–H and O–H groups in total. The highest BCUT2D eigenvalue weighted by atomic mass is 15.0. The van der Waals surface area contributed by atoms with Crippen molar-refractivity contribution in [2.45, 2.75) is 45.6 Å². The lowest BCUT2D eigenvalue weighted by molar-refractivity contribution is 0.168. The third kappa shape index (κ3) is 4.98. The SMILES string of the molecule is CC(C)C1CC(NCCCCN(C)C)C1. The Kier molecular flexibility index (Phi) is 5.62. The third-order valence-corrected chi connectivity index (χ3v) is 3.58. The Morgan fingerprint density at radius 1 is 1.20 bits per heavy atom. The fourth-order valence-corrected chi connectivity index (χ4v) is 2.23. The van der Waals surface area contributed by atoms with Crippen LogP contribution in [-0.2, 0) is 0 Å². The normalized spacial score (nSPS) is 26.0. The summed E-state index contributed by atoms with van der Waals surface area (Å²) in [6, 6.07) is 0.830. The van der Waals surface area contributed by atoms with Gasteiger partial charge in [0.1, 0.15) is 0 Å². The van der Waals surface area contributed by atoms with E-state index < -0.39 is 0 Å². The lowest BCUT2D eigenvalue weighted by Gasteiger charge is -2.38. The van der Waals surface area contributed by atoms with Gasteiger partial charge in [0.25, 0.3) is 0 Å². The van der Waals surface area contributed by atoms with Crippen LogP contribution in [0.15, 0.2) is 0 Å². The summed E-state index contributed by atoms with van der Waals surface area (Å²) in [6.45, 7) is 7.13. The maximum absolute atomic E-state index is 3.66. The van der Waals surface area contributed by atoms with E-state index >= 15 is 0 Å². The molecule has 0 radical (unpaired) electrons. The second kappa shape index (κ2) is 6.49. The molecule has 90 valence electrons. The molecule has 0 bridgehead atoms. The fourth-order valence-electron chi connectivity index (χ4n) is 2.23. The smallest absolute Gasteiger partial charge is 0.00725 e. The number of hydrogen-bond donors (Lipinski definition) is 1. The Hall–Kier alpha value is -0.0800. The first kappa shape index (κ1) is 13.0.